The normalized spacial score (nSPS) is 10.5. The zero-order valence-corrected chi connectivity index (χ0v) is 12.2. The Bertz CT molecular complexity index is 783. The number of benzene rings is 1. The summed E-state index contributed by atoms with van der Waals surface area (Å²) in [5, 5.41) is 21.4. The van der Waals surface area contributed by atoms with E-state index in [1.165, 1.54) is 18.2 Å². The molecule has 1 aromatic carbocycles. The van der Waals surface area contributed by atoms with E-state index in [9.17, 15) is 9.90 Å². The molecule has 0 bridgehead atoms. The Labute approximate surface area is 129 Å². The van der Waals surface area contributed by atoms with Crippen LogP contribution in [0.15, 0.2) is 41.8 Å². The van der Waals surface area contributed by atoms with Crippen LogP contribution in [0.25, 0.3) is 10.6 Å². The molecule has 2 heterocycles. The Morgan fingerprint density at radius 2 is 2.19 bits per heavy atom. The smallest absolute Gasteiger partial charge is 0.276 e. The third kappa shape index (κ3) is 2.91. The number of phenolic OH excluding ortho intramolecular Hbond substituents is 1. The summed E-state index contributed by atoms with van der Waals surface area (Å²) in [6.45, 7) is 0. The Morgan fingerprint density at radius 1 is 1.33 bits per heavy atom. The van der Waals surface area contributed by atoms with Crippen molar-refractivity contribution < 1.29 is 9.90 Å². The maximum Gasteiger partial charge on any atom is 0.276 e. The number of aromatic hydroxyl groups is 1. The van der Waals surface area contributed by atoms with Crippen LogP contribution in [-0.2, 0) is 0 Å². The van der Waals surface area contributed by atoms with Crippen LogP contribution in [0.1, 0.15) is 10.5 Å². The number of halogens is 1. The van der Waals surface area contributed by atoms with Crippen molar-refractivity contribution >= 4 is 34.5 Å². The monoisotopic (exact) mass is 319 g/mol. The third-order valence-electron chi connectivity index (χ3n) is 2.80. The van der Waals surface area contributed by atoms with E-state index in [4.69, 9.17) is 11.6 Å². The molecule has 0 aliphatic rings. The van der Waals surface area contributed by atoms with E-state index in [1.807, 2.05) is 17.5 Å². The number of hydrogen-bond acceptors (Lipinski definition) is 4. The molecule has 0 radical (unpaired) electrons. The highest BCUT2D eigenvalue weighted by Gasteiger charge is 2.14. The van der Waals surface area contributed by atoms with Crippen molar-refractivity contribution in [3.05, 3.63) is 52.5 Å². The van der Waals surface area contributed by atoms with Gasteiger partial charge < -0.3 is 10.4 Å². The molecular formula is C14H10ClN3O2S. The number of carbonyl (C=O) groups is 1. The third-order valence-corrected chi connectivity index (χ3v) is 3.94. The van der Waals surface area contributed by atoms with Crippen molar-refractivity contribution in [2.75, 3.05) is 5.32 Å². The van der Waals surface area contributed by atoms with Crippen molar-refractivity contribution in [2.45, 2.75) is 0 Å². The van der Waals surface area contributed by atoms with Gasteiger partial charge >= 0.3 is 0 Å². The lowest BCUT2D eigenvalue weighted by Gasteiger charge is -2.05. The lowest BCUT2D eigenvalue weighted by molar-refractivity contribution is 0.102. The van der Waals surface area contributed by atoms with E-state index >= 15 is 0 Å². The minimum Gasteiger partial charge on any atom is -0.506 e. The summed E-state index contributed by atoms with van der Waals surface area (Å²) in [5.41, 5.74) is 1.25. The average molecular weight is 320 g/mol. The van der Waals surface area contributed by atoms with E-state index in [0.29, 0.717) is 5.02 Å². The van der Waals surface area contributed by atoms with Crippen LogP contribution in [0.4, 0.5) is 5.69 Å². The summed E-state index contributed by atoms with van der Waals surface area (Å²) in [4.78, 5) is 13.1. The van der Waals surface area contributed by atoms with E-state index in [0.717, 1.165) is 10.6 Å². The van der Waals surface area contributed by atoms with Gasteiger partial charge in [0.1, 0.15) is 5.75 Å². The van der Waals surface area contributed by atoms with Gasteiger partial charge in [-0.2, -0.15) is 5.10 Å². The first kappa shape index (κ1) is 13.7. The Balaban J connectivity index is 1.81. The first-order chi connectivity index (χ1) is 10.1. The molecule has 3 aromatic rings. The molecule has 0 spiro atoms. The SMILES string of the molecule is O=C(Nc1cc(Cl)ccc1O)c1cc(-c2cccs2)[nH]n1. The second-order valence-corrected chi connectivity index (χ2v) is 5.64. The maximum absolute atomic E-state index is 12.1. The fourth-order valence-corrected chi connectivity index (χ4v) is 2.66. The molecule has 21 heavy (non-hydrogen) atoms. The molecule has 1 amide bonds. The molecule has 2 aromatic heterocycles. The van der Waals surface area contributed by atoms with Crippen molar-refractivity contribution in [2.24, 2.45) is 0 Å². The van der Waals surface area contributed by atoms with Gasteiger partial charge in [-0.1, -0.05) is 17.7 Å². The van der Waals surface area contributed by atoms with Gasteiger partial charge in [-0.25, -0.2) is 0 Å². The summed E-state index contributed by atoms with van der Waals surface area (Å²) in [7, 11) is 0. The molecule has 5 nitrogen and oxygen atoms in total. The number of aromatic nitrogens is 2. The largest absolute Gasteiger partial charge is 0.506 e. The predicted octanol–water partition coefficient (Wildman–Crippen LogP) is 3.75. The molecule has 0 fully saturated rings. The zero-order chi connectivity index (χ0) is 14.8. The number of amides is 1. The highest BCUT2D eigenvalue weighted by atomic mass is 35.5. The van der Waals surface area contributed by atoms with Crippen molar-refractivity contribution in [1.29, 1.82) is 0 Å². The number of nitrogens with one attached hydrogen (secondary N) is 2. The second kappa shape index (κ2) is 5.59. The molecule has 0 unspecified atom stereocenters. The number of phenols is 1. The van der Waals surface area contributed by atoms with E-state index in [1.54, 1.807) is 17.4 Å². The number of nitrogens with zero attached hydrogens (tertiary/aromatic N) is 1. The standard InChI is InChI=1S/C14H10ClN3O2S/c15-8-3-4-12(19)9(6-8)16-14(20)11-7-10(17-18-11)13-2-1-5-21-13/h1-7,19H,(H,16,20)(H,17,18). The van der Waals surface area contributed by atoms with Gasteiger partial charge in [0, 0.05) is 5.02 Å². The topological polar surface area (TPSA) is 78.0 Å². The molecule has 3 N–H and O–H groups in total. The first-order valence-corrected chi connectivity index (χ1v) is 7.28. The highest BCUT2D eigenvalue weighted by molar-refractivity contribution is 7.13. The molecule has 0 aliphatic heterocycles. The number of H-pyrrole nitrogens is 1. The number of thiophene rings is 1. The number of carbonyl (C=O) groups excluding carboxylic acids is 1. The van der Waals surface area contributed by atoms with Gasteiger partial charge in [-0.15, -0.1) is 11.3 Å². The number of rotatable bonds is 3. The summed E-state index contributed by atoms with van der Waals surface area (Å²) in [5.74, 6) is -0.478. The van der Waals surface area contributed by atoms with E-state index < -0.39 is 5.91 Å². The number of hydrogen-bond donors (Lipinski definition) is 3. The lowest BCUT2D eigenvalue weighted by atomic mass is 10.2. The van der Waals surface area contributed by atoms with Gasteiger partial charge in [0.25, 0.3) is 5.91 Å². The van der Waals surface area contributed by atoms with Crippen LogP contribution in [-0.4, -0.2) is 21.2 Å². The predicted molar refractivity (Wildman–Crippen MR) is 83.0 cm³/mol. The summed E-state index contributed by atoms with van der Waals surface area (Å²) >= 11 is 7.38. The molecule has 0 aliphatic carbocycles. The second-order valence-electron chi connectivity index (χ2n) is 4.26. The first-order valence-electron chi connectivity index (χ1n) is 6.02. The van der Waals surface area contributed by atoms with Gasteiger partial charge in [0.15, 0.2) is 5.69 Å². The van der Waals surface area contributed by atoms with Crippen LogP contribution in [0.5, 0.6) is 5.75 Å². The molecular weight excluding hydrogens is 310 g/mol. The minimum absolute atomic E-state index is 0.0539. The average Bonchev–Trinajstić information content (AvgIpc) is 3.12. The quantitative estimate of drug-likeness (QED) is 0.643. The van der Waals surface area contributed by atoms with Crippen molar-refractivity contribution in [3.63, 3.8) is 0 Å². The Morgan fingerprint density at radius 3 is 2.95 bits per heavy atom. The fraction of sp³-hybridized carbons (Fsp3) is 0. The van der Waals surface area contributed by atoms with E-state index in [-0.39, 0.29) is 17.1 Å². The minimum atomic E-state index is -0.424. The van der Waals surface area contributed by atoms with Gasteiger partial charge in [0.05, 0.1) is 16.3 Å². The maximum atomic E-state index is 12.1. The molecule has 0 atom stereocenters. The zero-order valence-electron chi connectivity index (χ0n) is 10.6. The molecule has 0 saturated carbocycles. The Hall–Kier alpha value is -2.31. The summed E-state index contributed by atoms with van der Waals surface area (Å²) in [6.07, 6.45) is 0. The summed E-state index contributed by atoms with van der Waals surface area (Å²) in [6, 6.07) is 9.94. The van der Waals surface area contributed by atoms with Crippen LogP contribution >= 0.6 is 22.9 Å². The molecule has 106 valence electrons. The van der Waals surface area contributed by atoms with Crippen molar-refractivity contribution in [3.8, 4) is 16.3 Å². The molecule has 7 heteroatoms. The fourth-order valence-electron chi connectivity index (χ4n) is 1.79. The Kier molecular flexibility index (Phi) is 3.64. The van der Waals surface area contributed by atoms with Crippen LogP contribution in [0.3, 0.4) is 0 Å². The number of anilines is 1. The van der Waals surface area contributed by atoms with E-state index in [2.05, 4.69) is 15.5 Å². The molecule has 0 saturated heterocycles. The van der Waals surface area contributed by atoms with Crippen LogP contribution in [0, 0.1) is 0 Å². The van der Waals surface area contributed by atoms with Gasteiger partial charge in [0.2, 0.25) is 0 Å². The molecule has 3 rings (SSSR count). The van der Waals surface area contributed by atoms with Gasteiger partial charge in [-0.05, 0) is 35.7 Å². The van der Waals surface area contributed by atoms with Crippen LogP contribution < -0.4 is 5.32 Å². The van der Waals surface area contributed by atoms with Gasteiger partial charge in [-0.3, -0.25) is 9.89 Å². The van der Waals surface area contributed by atoms with Crippen LogP contribution in [0.2, 0.25) is 5.02 Å². The lowest BCUT2D eigenvalue weighted by Crippen LogP contribution is -2.12. The number of aromatic amines is 1. The summed E-state index contributed by atoms with van der Waals surface area (Å²) < 4.78 is 0. The van der Waals surface area contributed by atoms with Crippen molar-refractivity contribution in [1.82, 2.24) is 10.2 Å². The highest BCUT2D eigenvalue weighted by Crippen LogP contribution is 2.27.